The quantitative estimate of drug-likeness (QED) is 0.641. The van der Waals surface area contributed by atoms with Gasteiger partial charge in [0.1, 0.15) is 23.9 Å². The Morgan fingerprint density at radius 2 is 1.69 bits per heavy atom. The van der Waals surface area contributed by atoms with Crippen molar-refractivity contribution in [3.8, 4) is 17.2 Å². The molecule has 0 radical (unpaired) electrons. The van der Waals surface area contributed by atoms with Gasteiger partial charge in [-0.2, -0.15) is 0 Å². The first kappa shape index (κ1) is 19.4. The van der Waals surface area contributed by atoms with E-state index in [0.29, 0.717) is 38.5 Å². The molecule has 0 saturated carbocycles. The minimum atomic E-state index is -0.216. The van der Waals surface area contributed by atoms with Crippen LogP contribution in [0.3, 0.4) is 0 Å². The second kappa shape index (κ2) is 10.9. The maximum absolute atomic E-state index is 11.8. The minimum absolute atomic E-state index is 0.216. The lowest BCUT2D eigenvalue weighted by Gasteiger charge is -2.11. The van der Waals surface area contributed by atoms with Crippen molar-refractivity contribution in [2.24, 2.45) is 0 Å². The summed E-state index contributed by atoms with van der Waals surface area (Å²) < 4.78 is 16.3. The van der Waals surface area contributed by atoms with Crippen LogP contribution in [-0.2, 0) is 6.42 Å². The molecule has 140 valence electrons. The molecule has 26 heavy (non-hydrogen) atoms. The zero-order valence-electron chi connectivity index (χ0n) is 15.3. The Kier molecular flexibility index (Phi) is 8.12. The van der Waals surface area contributed by atoms with E-state index in [9.17, 15) is 4.79 Å². The fourth-order valence-corrected chi connectivity index (χ4v) is 2.44. The number of para-hydroxylation sites is 1. The summed E-state index contributed by atoms with van der Waals surface area (Å²) in [6.07, 6.45) is 0.707. The summed E-state index contributed by atoms with van der Waals surface area (Å²) in [6.45, 7) is 3.88. The Balaban J connectivity index is 1.62. The molecule has 0 spiro atoms. The average Bonchev–Trinajstić information content (AvgIpc) is 2.66. The SMILES string of the molecule is CCOc1cccc(OCCNC(=O)NCCc2ccccc2OC)c1. The fourth-order valence-electron chi connectivity index (χ4n) is 2.44. The molecule has 0 aliphatic rings. The first-order valence-corrected chi connectivity index (χ1v) is 8.72. The number of hydrogen-bond donors (Lipinski definition) is 2. The van der Waals surface area contributed by atoms with Gasteiger partial charge >= 0.3 is 6.03 Å². The maximum atomic E-state index is 11.8. The number of carbonyl (C=O) groups excluding carboxylic acids is 1. The molecule has 6 heteroatoms. The largest absolute Gasteiger partial charge is 0.496 e. The van der Waals surface area contributed by atoms with Gasteiger partial charge in [0.15, 0.2) is 0 Å². The monoisotopic (exact) mass is 358 g/mol. The summed E-state index contributed by atoms with van der Waals surface area (Å²) >= 11 is 0. The zero-order chi connectivity index (χ0) is 18.6. The van der Waals surface area contributed by atoms with Crippen LogP contribution in [0.5, 0.6) is 17.2 Å². The van der Waals surface area contributed by atoms with Gasteiger partial charge in [-0.25, -0.2) is 4.79 Å². The highest BCUT2D eigenvalue weighted by atomic mass is 16.5. The van der Waals surface area contributed by atoms with E-state index in [2.05, 4.69) is 10.6 Å². The van der Waals surface area contributed by atoms with Crippen LogP contribution < -0.4 is 24.8 Å². The topological polar surface area (TPSA) is 68.8 Å². The molecule has 2 aromatic rings. The molecule has 0 atom stereocenters. The summed E-state index contributed by atoms with van der Waals surface area (Å²) in [6, 6.07) is 15.0. The molecule has 0 saturated heterocycles. The lowest BCUT2D eigenvalue weighted by molar-refractivity contribution is 0.236. The van der Waals surface area contributed by atoms with Crippen LogP contribution in [0, 0.1) is 0 Å². The molecule has 0 fully saturated rings. The predicted molar refractivity (Wildman–Crippen MR) is 101 cm³/mol. The van der Waals surface area contributed by atoms with Crippen LogP contribution in [0.15, 0.2) is 48.5 Å². The molecule has 0 bridgehead atoms. The van der Waals surface area contributed by atoms with E-state index in [0.717, 1.165) is 17.1 Å². The highest BCUT2D eigenvalue weighted by Gasteiger charge is 2.04. The molecule has 2 rings (SSSR count). The van der Waals surface area contributed by atoms with E-state index in [1.54, 1.807) is 7.11 Å². The van der Waals surface area contributed by atoms with Crippen LogP contribution in [-0.4, -0.2) is 39.4 Å². The standard InChI is InChI=1S/C20H26N2O4/c1-3-25-17-8-6-9-18(15-17)26-14-13-22-20(23)21-12-11-16-7-4-5-10-19(16)24-2/h4-10,15H,3,11-14H2,1-2H3,(H2,21,22,23). The third-order valence-corrected chi connectivity index (χ3v) is 3.65. The van der Waals surface area contributed by atoms with E-state index >= 15 is 0 Å². The van der Waals surface area contributed by atoms with Gasteiger partial charge in [0.05, 0.1) is 20.3 Å². The lowest BCUT2D eigenvalue weighted by Crippen LogP contribution is -2.38. The highest BCUT2D eigenvalue weighted by Crippen LogP contribution is 2.19. The summed E-state index contributed by atoms with van der Waals surface area (Å²) in [4.78, 5) is 11.8. The number of hydrogen-bond acceptors (Lipinski definition) is 4. The molecule has 0 aliphatic carbocycles. The Hall–Kier alpha value is -2.89. The van der Waals surface area contributed by atoms with Crippen molar-refractivity contribution in [2.75, 3.05) is 33.4 Å². The fraction of sp³-hybridized carbons (Fsp3) is 0.350. The number of carbonyl (C=O) groups is 1. The van der Waals surface area contributed by atoms with Crippen molar-refractivity contribution in [3.05, 3.63) is 54.1 Å². The summed E-state index contributed by atoms with van der Waals surface area (Å²) in [5.74, 6) is 2.32. The van der Waals surface area contributed by atoms with Crippen molar-refractivity contribution < 1.29 is 19.0 Å². The normalized spacial score (nSPS) is 10.1. The van der Waals surface area contributed by atoms with E-state index in [1.165, 1.54) is 0 Å². The molecule has 0 heterocycles. The number of amides is 2. The Labute approximate surface area is 154 Å². The third-order valence-electron chi connectivity index (χ3n) is 3.65. The Morgan fingerprint density at radius 1 is 0.962 bits per heavy atom. The minimum Gasteiger partial charge on any atom is -0.496 e. The Bertz CT molecular complexity index is 691. The molecular weight excluding hydrogens is 332 g/mol. The molecule has 0 aliphatic heterocycles. The predicted octanol–water partition coefficient (Wildman–Crippen LogP) is 3.01. The third kappa shape index (κ3) is 6.55. The van der Waals surface area contributed by atoms with E-state index in [4.69, 9.17) is 14.2 Å². The molecule has 0 aromatic heterocycles. The second-order valence-electron chi connectivity index (χ2n) is 5.50. The van der Waals surface area contributed by atoms with Crippen LogP contribution in [0.1, 0.15) is 12.5 Å². The Morgan fingerprint density at radius 3 is 2.46 bits per heavy atom. The van der Waals surface area contributed by atoms with Crippen molar-refractivity contribution in [1.82, 2.24) is 10.6 Å². The lowest BCUT2D eigenvalue weighted by atomic mass is 10.1. The van der Waals surface area contributed by atoms with Gasteiger partial charge in [-0.3, -0.25) is 0 Å². The van der Waals surface area contributed by atoms with E-state index < -0.39 is 0 Å². The number of ether oxygens (including phenoxy) is 3. The van der Waals surface area contributed by atoms with Crippen LogP contribution >= 0.6 is 0 Å². The van der Waals surface area contributed by atoms with Crippen LogP contribution in [0.4, 0.5) is 4.79 Å². The van der Waals surface area contributed by atoms with Crippen molar-refractivity contribution in [3.63, 3.8) is 0 Å². The number of methoxy groups -OCH3 is 1. The first-order chi connectivity index (χ1) is 12.7. The molecule has 2 amide bonds. The number of nitrogens with one attached hydrogen (secondary N) is 2. The summed E-state index contributed by atoms with van der Waals surface area (Å²) in [7, 11) is 1.64. The van der Waals surface area contributed by atoms with Gasteiger partial charge in [-0.05, 0) is 37.1 Å². The molecular formula is C20H26N2O4. The van der Waals surface area contributed by atoms with Crippen LogP contribution in [0.25, 0.3) is 0 Å². The second-order valence-corrected chi connectivity index (χ2v) is 5.50. The van der Waals surface area contributed by atoms with Gasteiger partial charge in [0.25, 0.3) is 0 Å². The smallest absolute Gasteiger partial charge is 0.314 e. The van der Waals surface area contributed by atoms with Crippen molar-refractivity contribution >= 4 is 6.03 Å². The van der Waals surface area contributed by atoms with Gasteiger partial charge in [0.2, 0.25) is 0 Å². The summed E-state index contributed by atoms with van der Waals surface area (Å²) in [5, 5.41) is 5.60. The first-order valence-electron chi connectivity index (χ1n) is 8.72. The molecule has 2 aromatic carbocycles. The van der Waals surface area contributed by atoms with Crippen molar-refractivity contribution in [2.45, 2.75) is 13.3 Å². The average molecular weight is 358 g/mol. The molecule has 0 unspecified atom stereocenters. The summed E-state index contributed by atoms with van der Waals surface area (Å²) in [5.41, 5.74) is 1.06. The number of rotatable bonds is 10. The maximum Gasteiger partial charge on any atom is 0.314 e. The molecule has 6 nitrogen and oxygen atoms in total. The zero-order valence-corrected chi connectivity index (χ0v) is 15.3. The molecule has 2 N–H and O–H groups in total. The highest BCUT2D eigenvalue weighted by molar-refractivity contribution is 5.73. The van der Waals surface area contributed by atoms with Gasteiger partial charge in [0, 0.05) is 12.6 Å². The van der Waals surface area contributed by atoms with E-state index in [1.807, 2.05) is 55.5 Å². The van der Waals surface area contributed by atoms with Crippen LogP contribution in [0.2, 0.25) is 0 Å². The van der Waals surface area contributed by atoms with Crippen molar-refractivity contribution in [1.29, 1.82) is 0 Å². The van der Waals surface area contributed by atoms with E-state index in [-0.39, 0.29) is 6.03 Å². The number of urea groups is 1. The number of benzene rings is 2. The van der Waals surface area contributed by atoms with Gasteiger partial charge in [-0.1, -0.05) is 24.3 Å². The van der Waals surface area contributed by atoms with Gasteiger partial charge in [-0.15, -0.1) is 0 Å². The van der Waals surface area contributed by atoms with Gasteiger partial charge < -0.3 is 24.8 Å².